The average molecular weight is 229 g/mol. The van der Waals surface area contributed by atoms with Crippen LogP contribution in [0.3, 0.4) is 0 Å². The topological polar surface area (TPSA) is 76.4 Å². The van der Waals surface area contributed by atoms with E-state index >= 15 is 0 Å². The third-order valence-corrected chi connectivity index (χ3v) is 2.68. The monoisotopic (exact) mass is 229 g/mol. The number of rotatable bonds is 2. The van der Waals surface area contributed by atoms with E-state index in [1.54, 1.807) is 0 Å². The summed E-state index contributed by atoms with van der Waals surface area (Å²) in [6, 6.07) is 0.608. The molecule has 5 nitrogen and oxygen atoms in total. The molecule has 0 spiro atoms. The highest BCUT2D eigenvalue weighted by Gasteiger charge is 2.23. The first-order valence-corrected chi connectivity index (χ1v) is 5.86. The molecule has 1 aliphatic rings. The van der Waals surface area contributed by atoms with Crippen LogP contribution in [0.25, 0.3) is 0 Å². The second-order valence-electron chi connectivity index (χ2n) is 5.36. The van der Waals surface area contributed by atoms with Gasteiger partial charge in [-0.05, 0) is 46.5 Å². The van der Waals surface area contributed by atoms with Gasteiger partial charge >= 0.3 is 6.09 Å². The van der Waals surface area contributed by atoms with Crippen LogP contribution in [0.15, 0.2) is 0 Å². The zero-order chi connectivity index (χ0) is 12.2. The minimum absolute atomic E-state index is 0.222. The van der Waals surface area contributed by atoms with Gasteiger partial charge in [-0.15, -0.1) is 0 Å². The summed E-state index contributed by atoms with van der Waals surface area (Å²) in [7, 11) is 0. The number of nitrogens with one attached hydrogen (secondary N) is 2. The molecule has 0 aromatic heterocycles. The van der Waals surface area contributed by atoms with Crippen molar-refractivity contribution in [3.8, 4) is 0 Å². The second kappa shape index (κ2) is 5.50. The van der Waals surface area contributed by atoms with Crippen molar-refractivity contribution in [2.45, 2.75) is 64.1 Å². The third-order valence-electron chi connectivity index (χ3n) is 2.68. The molecule has 1 saturated carbocycles. The van der Waals surface area contributed by atoms with E-state index in [-0.39, 0.29) is 12.1 Å². The Hall–Kier alpha value is -0.810. The van der Waals surface area contributed by atoms with Gasteiger partial charge in [0.25, 0.3) is 0 Å². The van der Waals surface area contributed by atoms with E-state index in [1.807, 2.05) is 20.8 Å². The first-order chi connectivity index (χ1) is 7.40. The van der Waals surface area contributed by atoms with Crippen molar-refractivity contribution in [2.24, 2.45) is 5.84 Å². The number of carbonyl (C=O) groups is 1. The van der Waals surface area contributed by atoms with Gasteiger partial charge in [-0.1, -0.05) is 0 Å². The van der Waals surface area contributed by atoms with Crippen LogP contribution in [0.1, 0.15) is 46.5 Å². The zero-order valence-electron chi connectivity index (χ0n) is 10.4. The summed E-state index contributed by atoms with van der Waals surface area (Å²) in [5.74, 6) is 5.37. The predicted octanol–water partition coefficient (Wildman–Crippen LogP) is 1.29. The maximum absolute atomic E-state index is 11.5. The lowest BCUT2D eigenvalue weighted by Crippen LogP contribution is -2.45. The molecule has 0 bridgehead atoms. The molecule has 5 heteroatoms. The molecule has 0 saturated heterocycles. The number of alkyl carbamates (subject to hydrolysis) is 1. The summed E-state index contributed by atoms with van der Waals surface area (Å²) >= 11 is 0. The lowest BCUT2D eigenvalue weighted by Gasteiger charge is -2.29. The van der Waals surface area contributed by atoms with Crippen LogP contribution in [-0.2, 0) is 4.74 Å². The van der Waals surface area contributed by atoms with Crippen LogP contribution < -0.4 is 16.6 Å². The van der Waals surface area contributed by atoms with Crippen LogP contribution in [0.4, 0.5) is 4.79 Å². The van der Waals surface area contributed by atoms with E-state index < -0.39 is 5.60 Å². The zero-order valence-corrected chi connectivity index (χ0v) is 10.4. The molecule has 4 N–H and O–H groups in total. The highest BCUT2D eigenvalue weighted by molar-refractivity contribution is 5.68. The van der Waals surface area contributed by atoms with Crippen LogP contribution >= 0.6 is 0 Å². The lowest BCUT2D eigenvalue weighted by molar-refractivity contribution is 0.0490. The number of amides is 1. The van der Waals surface area contributed by atoms with Crippen molar-refractivity contribution in [1.29, 1.82) is 0 Å². The van der Waals surface area contributed by atoms with Crippen molar-refractivity contribution in [1.82, 2.24) is 10.7 Å². The normalized spacial score (nSPS) is 26.2. The minimum Gasteiger partial charge on any atom is -0.444 e. The van der Waals surface area contributed by atoms with E-state index in [1.165, 1.54) is 0 Å². The van der Waals surface area contributed by atoms with Gasteiger partial charge in [0, 0.05) is 12.1 Å². The Morgan fingerprint density at radius 1 is 1.19 bits per heavy atom. The highest BCUT2D eigenvalue weighted by atomic mass is 16.6. The molecule has 94 valence electrons. The SMILES string of the molecule is CC(C)(C)OC(=O)NC1CCC(NN)CC1. The van der Waals surface area contributed by atoms with Crippen molar-refractivity contribution >= 4 is 6.09 Å². The standard InChI is InChI=1S/C11H23N3O2/c1-11(2,3)16-10(15)13-8-4-6-9(14-12)7-5-8/h8-9,14H,4-7,12H2,1-3H3,(H,13,15). The molecule has 0 unspecified atom stereocenters. The molecule has 1 rings (SSSR count). The van der Waals surface area contributed by atoms with E-state index in [0.29, 0.717) is 6.04 Å². The predicted molar refractivity (Wildman–Crippen MR) is 62.7 cm³/mol. The van der Waals surface area contributed by atoms with Crippen molar-refractivity contribution in [3.63, 3.8) is 0 Å². The van der Waals surface area contributed by atoms with Gasteiger partial charge in [0.15, 0.2) is 0 Å². The quantitative estimate of drug-likeness (QED) is 0.492. The maximum atomic E-state index is 11.5. The Balaban J connectivity index is 2.26. The van der Waals surface area contributed by atoms with Crippen LogP contribution in [0, 0.1) is 0 Å². The molecule has 0 aromatic carbocycles. The van der Waals surface area contributed by atoms with Crippen molar-refractivity contribution in [2.75, 3.05) is 0 Å². The number of hydrogen-bond acceptors (Lipinski definition) is 4. The molecule has 0 aliphatic heterocycles. The molecule has 0 atom stereocenters. The summed E-state index contributed by atoms with van der Waals surface area (Å²) in [4.78, 5) is 11.5. The Kier molecular flexibility index (Phi) is 4.56. The van der Waals surface area contributed by atoms with E-state index in [9.17, 15) is 4.79 Å². The number of hydrogen-bond donors (Lipinski definition) is 3. The molecular formula is C11H23N3O2. The summed E-state index contributed by atoms with van der Waals surface area (Å²) in [5, 5.41) is 2.89. The summed E-state index contributed by atoms with van der Waals surface area (Å²) in [5.41, 5.74) is 2.34. The third kappa shape index (κ3) is 4.81. The fourth-order valence-corrected chi connectivity index (χ4v) is 1.88. The molecule has 0 heterocycles. The molecule has 1 aliphatic carbocycles. The van der Waals surface area contributed by atoms with E-state index in [2.05, 4.69) is 10.7 Å². The molecule has 16 heavy (non-hydrogen) atoms. The number of carbonyl (C=O) groups excluding carboxylic acids is 1. The van der Waals surface area contributed by atoms with Crippen molar-refractivity contribution < 1.29 is 9.53 Å². The van der Waals surface area contributed by atoms with Gasteiger partial charge in [0.05, 0.1) is 0 Å². The molecule has 0 aromatic rings. The molecular weight excluding hydrogens is 206 g/mol. The average Bonchev–Trinajstić information content (AvgIpc) is 2.16. The molecule has 0 radical (unpaired) electrons. The maximum Gasteiger partial charge on any atom is 0.407 e. The van der Waals surface area contributed by atoms with E-state index in [0.717, 1.165) is 25.7 Å². The van der Waals surface area contributed by atoms with E-state index in [4.69, 9.17) is 10.6 Å². The Morgan fingerprint density at radius 2 is 1.69 bits per heavy atom. The van der Waals surface area contributed by atoms with Gasteiger partial charge in [-0.3, -0.25) is 11.3 Å². The Bertz CT molecular complexity index is 230. The largest absolute Gasteiger partial charge is 0.444 e. The van der Waals surface area contributed by atoms with Crippen LogP contribution in [-0.4, -0.2) is 23.8 Å². The van der Waals surface area contributed by atoms with Crippen LogP contribution in [0.5, 0.6) is 0 Å². The Morgan fingerprint density at radius 3 is 2.12 bits per heavy atom. The Labute approximate surface area is 97.1 Å². The highest BCUT2D eigenvalue weighted by Crippen LogP contribution is 2.18. The number of nitrogens with two attached hydrogens (primary N) is 1. The van der Waals surface area contributed by atoms with Gasteiger partial charge in [0.1, 0.15) is 5.60 Å². The van der Waals surface area contributed by atoms with Gasteiger partial charge < -0.3 is 10.1 Å². The first-order valence-electron chi connectivity index (χ1n) is 5.86. The fraction of sp³-hybridized carbons (Fsp3) is 0.909. The number of ether oxygens (including phenoxy) is 1. The van der Waals surface area contributed by atoms with Crippen LogP contribution in [0.2, 0.25) is 0 Å². The smallest absolute Gasteiger partial charge is 0.407 e. The summed E-state index contributed by atoms with van der Waals surface area (Å²) < 4.78 is 5.20. The van der Waals surface area contributed by atoms with Gasteiger partial charge in [0.2, 0.25) is 0 Å². The summed E-state index contributed by atoms with van der Waals surface area (Å²) in [6.45, 7) is 5.59. The molecule has 1 amide bonds. The minimum atomic E-state index is -0.430. The number of hydrazine groups is 1. The van der Waals surface area contributed by atoms with Gasteiger partial charge in [-0.25, -0.2) is 4.79 Å². The summed E-state index contributed by atoms with van der Waals surface area (Å²) in [6.07, 6.45) is 3.58. The first kappa shape index (κ1) is 13.3. The van der Waals surface area contributed by atoms with Gasteiger partial charge in [-0.2, -0.15) is 0 Å². The van der Waals surface area contributed by atoms with Crippen molar-refractivity contribution in [3.05, 3.63) is 0 Å². The lowest BCUT2D eigenvalue weighted by atomic mass is 9.92. The fourth-order valence-electron chi connectivity index (χ4n) is 1.88. The second-order valence-corrected chi connectivity index (χ2v) is 5.36. The molecule has 1 fully saturated rings.